The van der Waals surface area contributed by atoms with Crippen molar-refractivity contribution < 1.29 is 12.6 Å². The lowest BCUT2D eigenvalue weighted by molar-refractivity contribution is 0.336. The molecule has 0 bridgehead atoms. The van der Waals surface area contributed by atoms with Crippen molar-refractivity contribution in [2.75, 3.05) is 25.4 Å². The van der Waals surface area contributed by atoms with E-state index in [9.17, 15) is 8.42 Å². The smallest absolute Gasteiger partial charge is 0.320 e. The second-order valence-electron chi connectivity index (χ2n) is 2.06. The number of hydrogen-bond acceptors (Lipinski definition) is 6. The maximum Gasteiger partial charge on any atom is 0.320 e. The highest BCUT2D eigenvalue weighted by Gasteiger charge is 2.23. The molecule has 1 aliphatic heterocycles. The number of rotatable bonds is 3. The van der Waals surface area contributed by atoms with E-state index in [-0.39, 0.29) is 17.5 Å². The van der Waals surface area contributed by atoms with Gasteiger partial charge in [0.2, 0.25) is 4.38 Å². The van der Waals surface area contributed by atoms with E-state index in [0.29, 0.717) is 12.3 Å². The Balaban J connectivity index is 2.59. The van der Waals surface area contributed by atoms with Crippen LogP contribution < -0.4 is 5.73 Å². The molecule has 0 saturated carbocycles. The lowest BCUT2D eigenvalue weighted by Crippen LogP contribution is -2.18. The SMILES string of the molecule is NCCOS(=O)(=O)C1=NCCS1. The van der Waals surface area contributed by atoms with Crippen molar-refractivity contribution >= 4 is 26.3 Å². The van der Waals surface area contributed by atoms with E-state index in [2.05, 4.69) is 9.18 Å². The molecule has 0 spiro atoms. The Morgan fingerprint density at radius 2 is 2.42 bits per heavy atom. The molecule has 0 radical (unpaired) electrons. The summed E-state index contributed by atoms with van der Waals surface area (Å²) in [7, 11) is -3.59. The van der Waals surface area contributed by atoms with E-state index in [1.54, 1.807) is 0 Å². The van der Waals surface area contributed by atoms with Crippen LogP contribution in [0.1, 0.15) is 0 Å². The minimum Gasteiger partial charge on any atom is -0.328 e. The maximum absolute atomic E-state index is 11.2. The molecular weight excluding hydrogens is 200 g/mol. The van der Waals surface area contributed by atoms with Crippen LogP contribution in [0.15, 0.2) is 4.99 Å². The van der Waals surface area contributed by atoms with Crippen molar-refractivity contribution in [3.8, 4) is 0 Å². The molecule has 0 aromatic heterocycles. The van der Waals surface area contributed by atoms with Crippen LogP contribution in [0.2, 0.25) is 0 Å². The first-order valence-electron chi connectivity index (χ1n) is 3.43. The summed E-state index contributed by atoms with van der Waals surface area (Å²) >= 11 is 1.20. The minimum absolute atomic E-state index is 0.0158. The fraction of sp³-hybridized carbons (Fsp3) is 0.800. The third kappa shape index (κ3) is 2.44. The number of thioether (sulfide) groups is 1. The fourth-order valence-electron chi connectivity index (χ4n) is 0.675. The van der Waals surface area contributed by atoms with Crippen molar-refractivity contribution in [1.29, 1.82) is 0 Å². The molecular formula is C5H10N2O3S2. The molecule has 0 fully saturated rings. The van der Waals surface area contributed by atoms with Crippen LogP contribution in [0.25, 0.3) is 0 Å². The average molecular weight is 210 g/mol. The number of nitrogens with two attached hydrogens (primary N) is 1. The monoisotopic (exact) mass is 210 g/mol. The Morgan fingerprint density at radius 3 is 2.92 bits per heavy atom. The molecule has 7 heteroatoms. The molecule has 0 aromatic rings. The van der Waals surface area contributed by atoms with Crippen molar-refractivity contribution in [2.24, 2.45) is 10.7 Å². The van der Waals surface area contributed by atoms with Gasteiger partial charge in [-0.05, 0) is 0 Å². The summed E-state index contributed by atoms with van der Waals surface area (Å²) in [6.07, 6.45) is 0. The van der Waals surface area contributed by atoms with Crippen LogP contribution in [-0.2, 0) is 14.3 Å². The van der Waals surface area contributed by atoms with Gasteiger partial charge in [-0.3, -0.25) is 9.18 Å². The summed E-state index contributed by atoms with van der Waals surface area (Å²) in [6.45, 7) is 0.754. The standard InChI is InChI=1S/C5H10N2O3S2/c6-1-3-10-12(8,9)5-7-2-4-11-5/h1-4,6H2. The first kappa shape index (κ1) is 9.97. The zero-order valence-electron chi connectivity index (χ0n) is 6.39. The van der Waals surface area contributed by atoms with Gasteiger partial charge in [-0.2, -0.15) is 8.42 Å². The van der Waals surface area contributed by atoms with Gasteiger partial charge < -0.3 is 5.73 Å². The minimum atomic E-state index is -3.59. The molecule has 5 nitrogen and oxygen atoms in total. The van der Waals surface area contributed by atoms with Crippen molar-refractivity contribution in [1.82, 2.24) is 0 Å². The van der Waals surface area contributed by atoms with E-state index in [4.69, 9.17) is 5.73 Å². The summed E-state index contributed by atoms with van der Waals surface area (Å²) in [6, 6.07) is 0. The molecule has 0 unspecified atom stereocenters. The molecule has 2 N–H and O–H groups in total. The van der Waals surface area contributed by atoms with Gasteiger partial charge in [-0.1, -0.05) is 11.8 Å². The van der Waals surface area contributed by atoms with Crippen LogP contribution in [0, 0.1) is 0 Å². The molecule has 1 aliphatic rings. The maximum atomic E-state index is 11.2. The van der Waals surface area contributed by atoms with Gasteiger partial charge in [0.05, 0.1) is 13.2 Å². The van der Waals surface area contributed by atoms with Gasteiger partial charge in [0.1, 0.15) is 0 Å². The number of hydrogen-bond donors (Lipinski definition) is 1. The number of nitrogens with zero attached hydrogens (tertiary/aromatic N) is 1. The Bertz CT molecular complexity index is 272. The quantitative estimate of drug-likeness (QED) is 0.629. The highest BCUT2D eigenvalue weighted by molar-refractivity contribution is 8.34. The van der Waals surface area contributed by atoms with Crippen molar-refractivity contribution in [3.05, 3.63) is 0 Å². The molecule has 1 heterocycles. The van der Waals surface area contributed by atoms with E-state index in [1.165, 1.54) is 11.8 Å². The molecule has 70 valence electrons. The first-order chi connectivity index (χ1) is 5.67. The Morgan fingerprint density at radius 1 is 1.67 bits per heavy atom. The van der Waals surface area contributed by atoms with Crippen LogP contribution in [0.5, 0.6) is 0 Å². The Kier molecular flexibility index (Phi) is 3.51. The van der Waals surface area contributed by atoms with Crippen LogP contribution in [0.4, 0.5) is 0 Å². The van der Waals surface area contributed by atoms with Crippen LogP contribution in [-0.4, -0.2) is 38.2 Å². The molecule has 0 aliphatic carbocycles. The van der Waals surface area contributed by atoms with Gasteiger partial charge in [-0.15, -0.1) is 0 Å². The molecule has 1 rings (SSSR count). The van der Waals surface area contributed by atoms with Crippen molar-refractivity contribution in [3.63, 3.8) is 0 Å². The first-order valence-corrected chi connectivity index (χ1v) is 5.83. The Labute approximate surface area is 75.5 Å². The Hall–Kier alpha value is -0.110. The van der Waals surface area contributed by atoms with Crippen molar-refractivity contribution in [2.45, 2.75) is 0 Å². The van der Waals surface area contributed by atoms with Gasteiger partial charge in [0.15, 0.2) is 0 Å². The summed E-state index contributed by atoms with van der Waals surface area (Å²) in [4.78, 5) is 3.79. The molecule has 0 atom stereocenters. The lowest BCUT2D eigenvalue weighted by atomic mass is 10.8. The van der Waals surface area contributed by atoms with Gasteiger partial charge in [-0.25, -0.2) is 0 Å². The number of aliphatic imine (C=N–C) groups is 1. The lowest BCUT2D eigenvalue weighted by Gasteiger charge is -2.01. The second kappa shape index (κ2) is 4.22. The molecule has 0 amide bonds. The average Bonchev–Trinajstić information content (AvgIpc) is 2.53. The van der Waals surface area contributed by atoms with E-state index in [1.807, 2.05) is 0 Å². The van der Waals surface area contributed by atoms with E-state index >= 15 is 0 Å². The molecule has 0 aromatic carbocycles. The van der Waals surface area contributed by atoms with Crippen LogP contribution in [0.3, 0.4) is 0 Å². The largest absolute Gasteiger partial charge is 0.328 e. The topological polar surface area (TPSA) is 81.8 Å². The fourth-order valence-corrected chi connectivity index (χ4v) is 2.85. The summed E-state index contributed by atoms with van der Waals surface area (Å²) in [5.41, 5.74) is 5.10. The summed E-state index contributed by atoms with van der Waals surface area (Å²) < 4.78 is 27.0. The second-order valence-corrected chi connectivity index (χ2v) is 4.93. The van der Waals surface area contributed by atoms with E-state index in [0.717, 1.165) is 0 Å². The molecule has 0 saturated heterocycles. The van der Waals surface area contributed by atoms with Gasteiger partial charge >= 0.3 is 10.1 Å². The highest BCUT2D eigenvalue weighted by Crippen LogP contribution is 2.17. The predicted molar refractivity (Wildman–Crippen MR) is 48.7 cm³/mol. The normalized spacial score (nSPS) is 17.9. The highest BCUT2D eigenvalue weighted by atomic mass is 32.3. The third-order valence-corrected chi connectivity index (χ3v) is 3.89. The van der Waals surface area contributed by atoms with Crippen LogP contribution >= 0.6 is 11.8 Å². The zero-order chi connectivity index (χ0) is 9.03. The third-order valence-electron chi connectivity index (χ3n) is 1.13. The van der Waals surface area contributed by atoms with Gasteiger partial charge in [0.25, 0.3) is 0 Å². The van der Waals surface area contributed by atoms with E-state index < -0.39 is 10.1 Å². The summed E-state index contributed by atoms with van der Waals surface area (Å²) in [5, 5.41) is 0. The molecule has 12 heavy (non-hydrogen) atoms. The predicted octanol–water partition coefficient (Wildman–Crippen LogP) is -0.606. The zero-order valence-corrected chi connectivity index (χ0v) is 8.03. The van der Waals surface area contributed by atoms with Gasteiger partial charge in [0, 0.05) is 12.3 Å². The summed E-state index contributed by atoms with van der Waals surface area (Å²) in [5.74, 6) is 0.709.